The van der Waals surface area contributed by atoms with Gasteiger partial charge in [-0.2, -0.15) is 0 Å². The standard InChI is InChI=1S/C22H30N2O/c1-2-19-8-10-21(11-9-19)16-23-13-14-24(22(18-23)12-15-25)17-20-6-4-3-5-7-20/h3-11,22,25H,2,12-18H2,1H3. The first-order chi connectivity index (χ1) is 12.3. The molecule has 1 fully saturated rings. The number of aryl methyl sites for hydroxylation is 1. The number of benzene rings is 2. The molecule has 0 amide bonds. The second-order valence-electron chi connectivity index (χ2n) is 7.03. The highest BCUT2D eigenvalue weighted by molar-refractivity contribution is 5.22. The third-order valence-electron chi connectivity index (χ3n) is 5.22. The lowest BCUT2D eigenvalue weighted by atomic mass is 10.1. The molecular weight excluding hydrogens is 308 g/mol. The molecule has 0 saturated carbocycles. The molecule has 0 spiro atoms. The SMILES string of the molecule is CCc1ccc(CN2CCN(Cc3ccccc3)C(CCO)C2)cc1. The first-order valence-corrected chi connectivity index (χ1v) is 9.47. The van der Waals surface area contributed by atoms with Gasteiger partial charge < -0.3 is 5.11 Å². The zero-order valence-electron chi connectivity index (χ0n) is 15.3. The van der Waals surface area contributed by atoms with Gasteiger partial charge in [0.05, 0.1) is 0 Å². The van der Waals surface area contributed by atoms with Gasteiger partial charge in [-0.25, -0.2) is 0 Å². The molecule has 2 aromatic carbocycles. The van der Waals surface area contributed by atoms with E-state index in [-0.39, 0.29) is 6.61 Å². The molecule has 3 rings (SSSR count). The first kappa shape index (κ1) is 18.1. The van der Waals surface area contributed by atoms with Crippen molar-refractivity contribution < 1.29 is 5.11 Å². The van der Waals surface area contributed by atoms with Crippen molar-refractivity contribution in [3.05, 3.63) is 71.3 Å². The summed E-state index contributed by atoms with van der Waals surface area (Å²) in [6.45, 7) is 7.62. The maximum Gasteiger partial charge on any atom is 0.0446 e. The summed E-state index contributed by atoms with van der Waals surface area (Å²) >= 11 is 0. The van der Waals surface area contributed by atoms with Gasteiger partial charge in [-0.05, 0) is 29.5 Å². The third-order valence-corrected chi connectivity index (χ3v) is 5.22. The average Bonchev–Trinajstić information content (AvgIpc) is 2.65. The van der Waals surface area contributed by atoms with Crippen LogP contribution in [-0.4, -0.2) is 47.2 Å². The largest absolute Gasteiger partial charge is 0.396 e. The van der Waals surface area contributed by atoms with Crippen LogP contribution in [0.1, 0.15) is 30.0 Å². The van der Waals surface area contributed by atoms with Gasteiger partial charge in [0, 0.05) is 45.4 Å². The summed E-state index contributed by atoms with van der Waals surface area (Å²) in [6.07, 6.45) is 1.94. The summed E-state index contributed by atoms with van der Waals surface area (Å²) < 4.78 is 0. The summed E-state index contributed by atoms with van der Waals surface area (Å²) in [5.74, 6) is 0. The van der Waals surface area contributed by atoms with E-state index in [9.17, 15) is 5.11 Å². The molecule has 3 heteroatoms. The lowest BCUT2D eigenvalue weighted by molar-refractivity contribution is 0.0500. The Morgan fingerprint density at radius 3 is 2.24 bits per heavy atom. The topological polar surface area (TPSA) is 26.7 Å². The van der Waals surface area contributed by atoms with Crippen LogP contribution >= 0.6 is 0 Å². The Morgan fingerprint density at radius 2 is 1.56 bits per heavy atom. The van der Waals surface area contributed by atoms with Crippen molar-refractivity contribution in [2.24, 2.45) is 0 Å². The fourth-order valence-corrected chi connectivity index (χ4v) is 3.69. The second kappa shape index (κ2) is 9.14. The highest BCUT2D eigenvalue weighted by Gasteiger charge is 2.26. The smallest absolute Gasteiger partial charge is 0.0446 e. The Morgan fingerprint density at radius 1 is 0.880 bits per heavy atom. The number of hydrogen-bond donors (Lipinski definition) is 1. The number of aliphatic hydroxyl groups excluding tert-OH is 1. The van der Waals surface area contributed by atoms with Crippen LogP contribution < -0.4 is 0 Å². The van der Waals surface area contributed by atoms with Crippen LogP contribution in [0, 0.1) is 0 Å². The first-order valence-electron chi connectivity index (χ1n) is 9.47. The molecule has 1 unspecified atom stereocenters. The summed E-state index contributed by atoms with van der Waals surface area (Å²) in [4.78, 5) is 5.06. The van der Waals surface area contributed by atoms with Gasteiger partial charge in [0.2, 0.25) is 0 Å². The maximum absolute atomic E-state index is 9.49. The third kappa shape index (κ3) is 5.15. The van der Waals surface area contributed by atoms with E-state index < -0.39 is 0 Å². The van der Waals surface area contributed by atoms with Crippen molar-refractivity contribution >= 4 is 0 Å². The Bertz CT molecular complexity index is 626. The summed E-state index contributed by atoms with van der Waals surface area (Å²) in [5.41, 5.74) is 4.14. The molecule has 1 aliphatic heterocycles. The summed E-state index contributed by atoms with van der Waals surface area (Å²) in [6, 6.07) is 20.1. The van der Waals surface area contributed by atoms with Crippen LogP contribution in [0.25, 0.3) is 0 Å². The number of rotatable bonds is 7. The fraction of sp³-hybridized carbons (Fsp3) is 0.455. The number of piperazine rings is 1. The van der Waals surface area contributed by atoms with Gasteiger partial charge in [-0.3, -0.25) is 9.80 Å². The normalized spacial score (nSPS) is 19.2. The Hall–Kier alpha value is -1.68. The molecule has 0 aliphatic carbocycles. The molecule has 134 valence electrons. The lowest BCUT2D eigenvalue weighted by Crippen LogP contribution is -2.52. The molecule has 1 aliphatic rings. The van der Waals surface area contributed by atoms with E-state index in [4.69, 9.17) is 0 Å². The van der Waals surface area contributed by atoms with Crippen molar-refractivity contribution in [3.63, 3.8) is 0 Å². The zero-order chi connectivity index (χ0) is 17.5. The highest BCUT2D eigenvalue weighted by atomic mass is 16.3. The number of hydrogen-bond acceptors (Lipinski definition) is 3. The molecule has 1 heterocycles. The summed E-state index contributed by atoms with van der Waals surface area (Å²) in [5, 5.41) is 9.49. The van der Waals surface area contributed by atoms with E-state index in [2.05, 4.69) is 71.3 Å². The minimum absolute atomic E-state index is 0.259. The van der Waals surface area contributed by atoms with E-state index in [1.54, 1.807) is 0 Å². The van der Waals surface area contributed by atoms with Crippen LogP contribution in [0.4, 0.5) is 0 Å². The molecule has 1 N–H and O–H groups in total. The van der Waals surface area contributed by atoms with Crippen molar-refractivity contribution in [2.45, 2.75) is 38.9 Å². The molecule has 0 bridgehead atoms. The van der Waals surface area contributed by atoms with Crippen molar-refractivity contribution in [1.29, 1.82) is 0 Å². The quantitative estimate of drug-likeness (QED) is 0.839. The molecule has 2 aromatic rings. The predicted molar refractivity (Wildman–Crippen MR) is 103 cm³/mol. The molecule has 1 saturated heterocycles. The summed E-state index contributed by atoms with van der Waals surface area (Å²) in [7, 11) is 0. The second-order valence-corrected chi connectivity index (χ2v) is 7.03. The van der Waals surface area contributed by atoms with Gasteiger partial charge in [-0.1, -0.05) is 61.5 Å². The Kier molecular flexibility index (Phi) is 6.62. The van der Waals surface area contributed by atoms with Gasteiger partial charge in [-0.15, -0.1) is 0 Å². The Balaban J connectivity index is 1.60. The van der Waals surface area contributed by atoms with Gasteiger partial charge in [0.15, 0.2) is 0 Å². The van der Waals surface area contributed by atoms with Crippen LogP contribution in [0.15, 0.2) is 54.6 Å². The molecule has 0 radical (unpaired) electrons. The van der Waals surface area contributed by atoms with Gasteiger partial charge in [0.25, 0.3) is 0 Å². The lowest BCUT2D eigenvalue weighted by Gasteiger charge is -2.41. The fourth-order valence-electron chi connectivity index (χ4n) is 3.69. The molecule has 0 aromatic heterocycles. The van der Waals surface area contributed by atoms with Crippen LogP contribution in [0.5, 0.6) is 0 Å². The van der Waals surface area contributed by atoms with Crippen molar-refractivity contribution in [3.8, 4) is 0 Å². The molecule has 3 nitrogen and oxygen atoms in total. The van der Waals surface area contributed by atoms with Crippen molar-refractivity contribution in [2.75, 3.05) is 26.2 Å². The predicted octanol–water partition coefficient (Wildman–Crippen LogP) is 3.32. The van der Waals surface area contributed by atoms with Crippen LogP contribution in [-0.2, 0) is 19.5 Å². The van der Waals surface area contributed by atoms with Gasteiger partial charge in [0.1, 0.15) is 0 Å². The monoisotopic (exact) mass is 338 g/mol. The van der Waals surface area contributed by atoms with Crippen LogP contribution in [0.3, 0.4) is 0 Å². The molecule has 25 heavy (non-hydrogen) atoms. The van der Waals surface area contributed by atoms with E-state index in [1.807, 2.05) is 0 Å². The number of nitrogens with zero attached hydrogens (tertiary/aromatic N) is 2. The molecular formula is C22H30N2O. The Labute approximate surface area is 151 Å². The minimum Gasteiger partial charge on any atom is -0.396 e. The van der Waals surface area contributed by atoms with E-state index in [0.717, 1.165) is 45.6 Å². The van der Waals surface area contributed by atoms with Gasteiger partial charge >= 0.3 is 0 Å². The van der Waals surface area contributed by atoms with Crippen molar-refractivity contribution in [1.82, 2.24) is 9.80 Å². The van der Waals surface area contributed by atoms with E-state index in [1.165, 1.54) is 16.7 Å². The average molecular weight is 338 g/mol. The zero-order valence-corrected chi connectivity index (χ0v) is 15.3. The highest BCUT2D eigenvalue weighted by Crippen LogP contribution is 2.18. The van der Waals surface area contributed by atoms with E-state index in [0.29, 0.717) is 6.04 Å². The maximum atomic E-state index is 9.49. The number of aliphatic hydroxyl groups is 1. The molecule has 1 atom stereocenters. The minimum atomic E-state index is 0.259. The van der Waals surface area contributed by atoms with E-state index >= 15 is 0 Å². The van der Waals surface area contributed by atoms with Crippen LogP contribution in [0.2, 0.25) is 0 Å².